The average Bonchev–Trinajstić information content (AvgIpc) is 2.76. The lowest BCUT2D eigenvalue weighted by molar-refractivity contribution is -0.0279. The van der Waals surface area contributed by atoms with E-state index in [1.54, 1.807) is 11.0 Å². The number of anilines is 1. The lowest BCUT2D eigenvalue weighted by Gasteiger charge is -2.42. The maximum absolute atomic E-state index is 11.2. The zero-order chi connectivity index (χ0) is 22.3. The molecule has 0 amide bonds. The van der Waals surface area contributed by atoms with Crippen LogP contribution in [0.25, 0.3) is 0 Å². The van der Waals surface area contributed by atoms with Crippen molar-refractivity contribution in [2.24, 2.45) is 0 Å². The standard InChI is InChI=1S/C22H31N5O3/c1-5-16(3)27(18(6-2)14-23)20(28)15-25-22(4)8-11-26(12-9-22)19-13-17(21(29)30)7-10-24-19/h1,7,10,13,16,18,20,25,28H,6,8-9,11-12,15H2,2-4H3,(H,29,30). The predicted molar refractivity (Wildman–Crippen MR) is 115 cm³/mol. The number of rotatable bonds is 9. The van der Waals surface area contributed by atoms with Crippen LogP contribution in [0.1, 0.15) is 50.4 Å². The Hall–Kier alpha value is -2.65. The number of carboxylic acids is 1. The van der Waals surface area contributed by atoms with Gasteiger partial charge in [-0.25, -0.2) is 14.7 Å². The van der Waals surface area contributed by atoms with Crippen LogP contribution in [-0.4, -0.2) is 69.6 Å². The monoisotopic (exact) mass is 413 g/mol. The summed E-state index contributed by atoms with van der Waals surface area (Å²) in [5.41, 5.74) is 0.0293. The molecule has 2 rings (SSSR count). The predicted octanol–water partition coefficient (Wildman–Crippen LogP) is 1.67. The number of aromatic nitrogens is 1. The van der Waals surface area contributed by atoms with Gasteiger partial charge in [-0.2, -0.15) is 5.26 Å². The molecule has 1 saturated heterocycles. The molecule has 162 valence electrons. The Morgan fingerprint density at radius 1 is 1.50 bits per heavy atom. The molecule has 1 aromatic rings. The molecule has 2 heterocycles. The van der Waals surface area contributed by atoms with E-state index >= 15 is 0 Å². The molecular formula is C22H31N5O3. The molecule has 0 radical (unpaired) electrons. The number of nitrogens with one attached hydrogen (secondary N) is 1. The van der Waals surface area contributed by atoms with Gasteiger partial charge in [-0.3, -0.25) is 0 Å². The maximum atomic E-state index is 11.2. The molecule has 3 atom stereocenters. The van der Waals surface area contributed by atoms with E-state index in [4.69, 9.17) is 6.42 Å². The molecule has 1 fully saturated rings. The molecule has 0 bridgehead atoms. The fourth-order valence-electron chi connectivity index (χ4n) is 3.76. The van der Waals surface area contributed by atoms with E-state index in [1.165, 1.54) is 12.3 Å². The largest absolute Gasteiger partial charge is 0.478 e. The Kier molecular flexibility index (Phi) is 8.19. The van der Waals surface area contributed by atoms with Crippen LogP contribution in [0.3, 0.4) is 0 Å². The molecule has 8 heteroatoms. The van der Waals surface area contributed by atoms with Crippen molar-refractivity contribution >= 4 is 11.8 Å². The fourth-order valence-corrected chi connectivity index (χ4v) is 3.76. The number of piperidine rings is 1. The van der Waals surface area contributed by atoms with Crippen LogP contribution in [0.15, 0.2) is 18.3 Å². The number of aliphatic hydroxyl groups excluding tert-OH is 1. The van der Waals surface area contributed by atoms with Gasteiger partial charge in [0.15, 0.2) is 0 Å². The molecule has 0 aliphatic carbocycles. The molecule has 0 aromatic carbocycles. The molecule has 8 nitrogen and oxygen atoms in total. The molecule has 30 heavy (non-hydrogen) atoms. The minimum atomic E-state index is -0.968. The first-order valence-corrected chi connectivity index (χ1v) is 10.2. The Bertz CT molecular complexity index is 808. The topological polar surface area (TPSA) is 113 Å². The quantitative estimate of drug-likeness (QED) is 0.414. The van der Waals surface area contributed by atoms with Crippen molar-refractivity contribution in [1.82, 2.24) is 15.2 Å². The highest BCUT2D eigenvalue weighted by molar-refractivity contribution is 5.88. The number of terminal acetylenes is 1. The van der Waals surface area contributed by atoms with Crippen molar-refractivity contribution in [1.29, 1.82) is 5.26 Å². The number of carbonyl (C=O) groups is 1. The van der Waals surface area contributed by atoms with Gasteiger partial charge in [-0.15, -0.1) is 6.42 Å². The van der Waals surface area contributed by atoms with Gasteiger partial charge in [0.2, 0.25) is 0 Å². The number of hydrogen-bond acceptors (Lipinski definition) is 7. The summed E-state index contributed by atoms with van der Waals surface area (Å²) in [7, 11) is 0. The minimum Gasteiger partial charge on any atom is -0.478 e. The molecule has 0 saturated carbocycles. The summed E-state index contributed by atoms with van der Waals surface area (Å²) in [6.07, 6.45) is 8.37. The van der Waals surface area contributed by atoms with Crippen molar-refractivity contribution in [3.63, 3.8) is 0 Å². The third kappa shape index (κ3) is 5.70. The van der Waals surface area contributed by atoms with Gasteiger partial charge in [-0.05, 0) is 45.2 Å². The van der Waals surface area contributed by atoms with Crippen LogP contribution in [0.5, 0.6) is 0 Å². The van der Waals surface area contributed by atoms with Crippen molar-refractivity contribution in [2.75, 3.05) is 24.5 Å². The van der Waals surface area contributed by atoms with Gasteiger partial charge in [0.25, 0.3) is 0 Å². The van der Waals surface area contributed by atoms with Crippen molar-refractivity contribution < 1.29 is 15.0 Å². The SMILES string of the molecule is C#CC(C)N(C(O)CNC1(C)CCN(c2cc(C(=O)O)ccn2)CC1)C(C#N)CC. The molecule has 3 unspecified atom stereocenters. The molecular weight excluding hydrogens is 382 g/mol. The highest BCUT2D eigenvalue weighted by Gasteiger charge is 2.33. The summed E-state index contributed by atoms with van der Waals surface area (Å²) in [5.74, 6) is 2.30. The maximum Gasteiger partial charge on any atom is 0.335 e. The molecule has 3 N–H and O–H groups in total. The van der Waals surface area contributed by atoms with E-state index in [0.29, 0.717) is 18.8 Å². The average molecular weight is 414 g/mol. The number of β-amino-alcohol motifs (C(OH)–C–C–N with tert-alkyl or cyclic N) is 1. The van der Waals surface area contributed by atoms with Gasteiger partial charge >= 0.3 is 5.97 Å². The van der Waals surface area contributed by atoms with Crippen LogP contribution in [-0.2, 0) is 0 Å². The summed E-state index contributed by atoms with van der Waals surface area (Å²) in [6, 6.07) is 4.49. The van der Waals surface area contributed by atoms with Crippen molar-refractivity contribution in [3.8, 4) is 18.4 Å². The normalized spacial score (nSPS) is 18.8. The summed E-state index contributed by atoms with van der Waals surface area (Å²) < 4.78 is 0. The second-order valence-electron chi connectivity index (χ2n) is 7.96. The molecule has 1 aromatic heterocycles. The smallest absolute Gasteiger partial charge is 0.335 e. The number of hydrogen-bond donors (Lipinski definition) is 3. The summed E-state index contributed by atoms with van der Waals surface area (Å²) in [4.78, 5) is 19.2. The lowest BCUT2D eigenvalue weighted by Crippen LogP contribution is -2.57. The van der Waals surface area contributed by atoms with Gasteiger partial charge in [0.1, 0.15) is 18.1 Å². The first-order valence-electron chi connectivity index (χ1n) is 10.2. The van der Waals surface area contributed by atoms with Gasteiger partial charge in [0.05, 0.1) is 17.7 Å². The summed E-state index contributed by atoms with van der Waals surface area (Å²) in [5, 5.41) is 32.8. The zero-order valence-corrected chi connectivity index (χ0v) is 17.9. The van der Waals surface area contributed by atoms with Crippen LogP contribution in [0.4, 0.5) is 5.82 Å². The first-order chi connectivity index (χ1) is 14.2. The Morgan fingerprint density at radius 2 is 2.17 bits per heavy atom. The van der Waals surface area contributed by atoms with Crippen LogP contribution in [0.2, 0.25) is 0 Å². The van der Waals surface area contributed by atoms with E-state index in [-0.39, 0.29) is 17.1 Å². The Morgan fingerprint density at radius 3 is 2.70 bits per heavy atom. The van der Waals surface area contributed by atoms with E-state index in [9.17, 15) is 20.3 Å². The lowest BCUT2D eigenvalue weighted by atomic mass is 9.89. The number of pyridine rings is 1. The number of nitriles is 1. The Labute approximate surface area is 178 Å². The number of carboxylic acid groups (broad SMARTS) is 1. The van der Waals surface area contributed by atoms with E-state index in [1.807, 2.05) is 13.8 Å². The van der Waals surface area contributed by atoms with E-state index in [0.717, 1.165) is 25.9 Å². The van der Waals surface area contributed by atoms with Crippen molar-refractivity contribution in [3.05, 3.63) is 23.9 Å². The second-order valence-corrected chi connectivity index (χ2v) is 7.96. The first kappa shape index (κ1) is 23.6. The van der Waals surface area contributed by atoms with Gasteiger partial charge in [-0.1, -0.05) is 12.8 Å². The second kappa shape index (κ2) is 10.4. The summed E-state index contributed by atoms with van der Waals surface area (Å²) in [6.45, 7) is 7.55. The molecule has 0 spiro atoms. The van der Waals surface area contributed by atoms with E-state index < -0.39 is 18.2 Å². The number of aromatic carboxylic acids is 1. The molecule has 1 aliphatic rings. The van der Waals surface area contributed by atoms with E-state index in [2.05, 4.69) is 34.1 Å². The van der Waals surface area contributed by atoms with Crippen LogP contribution in [0, 0.1) is 23.7 Å². The summed E-state index contributed by atoms with van der Waals surface area (Å²) >= 11 is 0. The van der Waals surface area contributed by atoms with Gasteiger partial charge < -0.3 is 20.4 Å². The van der Waals surface area contributed by atoms with Crippen molar-refractivity contribution in [2.45, 2.75) is 63.9 Å². The highest BCUT2D eigenvalue weighted by atomic mass is 16.4. The third-order valence-electron chi connectivity index (χ3n) is 5.82. The molecule has 1 aliphatic heterocycles. The minimum absolute atomic E-state index is 0.193. The van der Waals surface area contributed by atoms with Crippen LogP contribution < -0.4 is 10.2 Å². The number of aliphatic hydroxyl groups is 1. The van der Waals surface area contributed by atoms with Crippen LogP contribution >= 0.6 is 0 Å². The zero-order valence-electron chi connectivity index (χ0n) is 17.9. The fraction of sp³-hybridized carbons (Fsp3) is 0.591. The highest BCUT2D eigenvalue weighted by Crippen LogP contribution is 2.26. The third-order valence-corrected chi connectivity index (χ3v) is 5.82. The Balaban J connectivity index is 1.97. The number of nitrogens with zero attached hydrogens (tertiary/aromatic N) is 4. The van der Waals surface area contributed by atoms with Gasteiger partial charge in [0, 0.05) is 31.4 Å².